The molecule has 0 N–H and O–H groups in total. The number of sulfonamides is 1. The molecular weight excluding hydrogens is 318 g/mol. The van der Waals surface area contributed by atoms with E-state index in [1.54, 1.807) is 18.1 Å². The average Bonchev–Trinajstić information content (AvgIpc) is 3.04. The van der Waals surface area contributed by atoms with Crippen molar-refractivity contribution in [3.8, 4) is 0 Å². The van der Waals surface area contributed by atoms with Gasteiger partial charge in [-0.05, 0) is 12.1 Å². The van der Waals surface area contributed by atoms with Crippen LogP contribution in [0.15, 0.2) is 24.4 Å². The van der Waals surface area contributed by atoms with Crippen molar-refractivity contribution in [2.75, 3.05) is 39.6 Å². The molecule has 0 spiro atoms. The van der Waals surface area contributed by atoms with E-state index in [9.17, 15) is 13.2 Å². The molecule has 2 aliphatic heterocycles. The maximum atomic E-state index is 13.0. The lowest BCUT2D eigenvalue weighted by Gasteiger charge is -2.30. The highest BCUT2D eigenvalue weighted by molar-refractivity contribution is 7.88. The van der Waals surface area contributed by atoms with Crippen LogP contribution < -0.4 is 0 Å². The molecule has 0 bridgehead atoms. The number of carbonyl (C=O) groups excluding carboxylic acids is 1. The largest absolute Gasteiger partial charge is 0.380 e. The van der Waals surface area contributed by atoms with Crippen LogP contribution in [-0.4, -0.2) is 68.1 Å². The molecule has 0 unspecified atom stereocenters. The van der Waals surface area contributed by atoms with Crippen molar-refractivity contribution in [2.24, 2.45) is 11.3 Å². The molecule has 3 heterocycles. The number of ether oxygens (including phenoxy) is 1. The van der Waals surface area contributed by atoms with Crippen molar-refractivity contribution in [2.45, 2.75) is 6.54 Å². The van der Waals surface area contributed by atoms with Crippen LogP contribution in [0.5, 0.6) is 0 Å². The number of rotatable bonds is 4. The fourth-order valence-corrected chi connectivity index (χ4v) is 4.35. The number of hydrogen-bond acceptors (Lipinski definition) is 5. The first-order valence-corrected chi connectivity index (χ1v) is 9.36. The summed E-state index contributed by atoms with van der Waals surface area (Å²) in [5, 5.41) is 0. The predicted octanol–water partition coefficient (Wildman–Crippen LogP) is -0.0520. The van der Waals surface area contributed by atoms with Gasteiger partial charge in [0.15, 0.2) is 0 Å². The second-order valence-corrected chi connectivity index (χ2v) is 8.39. The third-order valence-electron chi connectivity index (χ3n) is 4.71. The van der Waals surface area contributed by atoms with Gasteiger partial charge in [-0.2, -0.15) is 0 Å². The lowest BCUT2D eigenvalue weighted by atomic mass is 9.79. The van der Waals surface area contributed by atoms with Crippen molar-refractivity contribution in [3.05, 3.63) is 30.1 Å². The Bertz CT molecular complexity index is 694. The lowest BCUT2D eigenvalue weighted by Crippen LogP contribution is -2.47. The summed E-state index contributed by atoms with van der Waals surface area (Å²) in [5.41, 5.74) is 0.0280. The second-order valence-electron chi connectivity index (χ2n) is 6.41. The number of amides is 1. The minimum Gasteiger partial charge on any atom is -0.380 e. The Kier molecular flexibility index (Phi) is 4.16. The molecule has 2 aliphatic rings. The Labute approximate surface area is 136 Å². The molecule has 0 aromatic carbocycles. The van der Waals surface area contributed by atoms with E-state index in [0.29, 0.717) is 19.7 Å². The van der Waals surface area contributed by atoms with E-state index < -0.39 is 15.4 Å². The zero-order valence-electron chi connectivity index (χ0n) is 13.3. The fraction of sp³-hybridized carbons (Fsp3) is 0.600. The Hall–Kier alpha value is -1.51. The number of hydrogen-bond donors (Lipinski definition) is 0. The summed E-state index contributed by atoms with van der Waals surface area (Å²) in [6, 6.07) is 5.56. The summed E-state index contributed by atoms with van der Waals surface area (Å²) in [7, 11) is -1.58. The van der Waals surface area contributed by atoms with E-state index in [-0.39, 0.29) is 25.0 Å². The summed E-state index contributed by atoms with van der Waals surface area (Å²) in [4.78, 5) is 18.9. The van der Waals surface area contributed by atoms with Crippen LogP contribution in [0.1, 0.15) is 5.69 Å². The molecule has 1 amide bonds. The van der Waals surface area contributed by atoms with Gasteiger partial charge in [0.05, 0.1) is 37.1 Å². The Morgan fingerprint density at radius 2 is 2.30 bits per heavy atom. The summed E-state index contributed by atoms with van der Waals surface area (Å²) >= 11 is 0. The number of aromatic nitrogens is 1. The van der Waals surface area contributed by atoms with Crippen LogP contribution in [-0.2, 0) is 26.1 Å². The molecule has 1 aromatic rings. The molecule has 0 saturated carbocycles. The monoisotopic (exact) mass is 339 g/mol. The molecule has 3 rings (SSSR count). The third-order valence-corrected chi connectivity index (χ3v) is 5.93. The van der Waals surface area contributed by atoms with Crippen molar-refractivity contribution >= 4 is 15.9 Å². The summed E-state index contributed by atoms with van der Waals surface area (Å²) in [6.07, 6.45) is 2.87. The second kappa shape index (κ2) is 5.85. The predicted molar refractivity (Wildman–Crippen MR) is 83.9 cm³/mol. The SMILES string of the molecule is CN(Cc1ccccn1)C(=O)[C@]12COC[C@H]1CN(S(C)(=O)=O)C2. The molecule has 2 fully saturated rings. The van der Waals surface area contributed by atoms with Gasteiger partial charge < -0.3 is 9.64 Å². The third kappa shape index (κ3) is 2.98. The normalized spacial score (nSPS) is 27.8. The highest BCUT2D eigenvalue weighted by Crippen LogP contribution is 2.43. The zero-order valence-corrected chi connectivity index (χ0v) is 14.1. The van der Waals surface area contributed by atoms with E-state index in [1.165, 1.54) is 10.6 Å². The van der Waals surface area contributed by atoms with Crippen molar-refractivity contribution in [1.29, 1.82) is 0 Å². The molecule has 0 aliphatic carbocycles. The molecule has 1 aromatic heterocycles. The van der Waals surface area contributed by atoms with Gasteiger partial charge in [0.1, 0.15) is 0 Å². The topological polar surface area (TPSA) is 79.8 Å². The molecule has 2 saturated heterocycles. The first-order chi connectivity index (χ1) is 10.8. The molecule has 2 atom stereocenters. The van der Waals surface area contributed by atoms with Crippen LogP contribution in [0, 0.1) is 11.3 Å². The van der Waals surface area contributed by atoms with Gasteiger partial charge in [0.25, 0.3) is 0 Å². The summed E-state index contributed by atoms with van der Waals surface area (Å²) in [6.45, 7) is 1.64. The number of carbonyl (C=O) groups is 1. The quantitative estimate of drug-likeness (QED) is 0.768. The highest BCUT2D eigenvalue weighted by atomic mass is 32.2. The number of fused-ring (bicyclic) bond motifs is 1. The van der Waals surface area contributed by atoms with E-state index in [1.807, 2.05) is 18.2 Å². The van der Waals surface area contributed by atoms with E-state index in [0.717, 1.165) is 5.69 Å². The van der Waals surface area contributed by atoms with E-state index in [4.69, 9.17) is 4.74 Å². The van der Waals surface area contributed by atoms with Gasteiger partial charge in [-0.15, -0.1) is 0 Å². The molecule has 0 radical (unpaired) electrons. The number of nitrogens with zero attached hydrogens (tertiary/aromatic N) is 3. The number of pyridine rings is 1. The van der Waals surface area contributed by atoms with Crippen LogP contribution in [0.25, 0.3) is 0 Å². The highest BCUT2D eigenvalue weighted by Gasteiger charge is 2.58. The standard InChI is InChI=1S/C15H21N3O4S/c1-17(8-13-5-3-4-6-16-13)14(19)15-10-18(23(2,20)21)7-12(15)9-22-11-15/h3-6,12H,7-11H2,1-2H3/t12-,15-/m1/s1. The zero-order chi connectivity index (χ0) is 16.7. The Balaban J connectivity index is 1.79. The van der Waals surface area contributed by atoms with Crippen LogP contribution in [0.3, 0.4) is 0 Å². The van der Waals surface area contributed by atoms with Crippen molar-refractivity contribution < 1.29 is 17.9 Å². The van der Waals surface area contributed by atoms with Gasteiger partial charge in [-0.3, -0.25) is 9.78 Å². The van der Waals surface area contributed by atoms with Crippen LogP contribution in [0.2, 0.25) is 0 Å². The maximum absolute atomic E-state index is 13.0. The molecular formula is C15H21N3O4S. The van der Waals surface area contributed by atoms with E-state index >= 15 is 0 Å². The molecule has 7 nitrogen and oxygen atoms in total. The smallest absolute Gasteiger partial charge is 0.232 e. The first-order valence-electron chi connectivity index (χ1n) is 7.51. The van der Waals surface area contributed by atoms with Gasteiger partial charge in [-0.1, -0.05) is 6.07 Å². The average molecular weight is 339 g/mol. The molecule has 23 heavy (non-hydrogen) atoms. The molecule has 8 heteroatoms. The fourth-order valence-electron chi connectivity index (χ4n) is 3.43. The lowest BCUT2D eigenvalue weighted by molar-refractivity contribution is -0.141. The minimum absolute atomic E-state index is 0.0724. The van der Waals surface area contributed by atoms with Crippen LogP contribution >= 0.6 is 0 Å². The van der Waals surface area contributed by atoms with Gasteiger partial charge in [0, 0.05) is 32.3 Å². The van der Waals surface area contributed by atoms with Gasteiger partial charge in [-0.25, -0.2) is 12.7 Å². The van der Waals surface area contributed by atoms with Crippen molar-refractivity contribution in [1.82, 2.24) is 14.2 Å². The maximum Gasteiger partial charge on any atom is 0.232 e. The minimum atomic E-state index is -3.31. The summed E-state index contributed by atoms with van der Waals surface area (Å²) in [5.74, 6) is -0.160. The Morgan fingerprint density at radius 3 is 2.96 bits per heavy atom. The van der Waals surface area contributed by atoms with Crippen LogP contribution in [0.4, 0.5) is 0 Å². The van der Waals surface area contributed by atoms with Gasteiger partial charge >= 0.3 is 0 Å². The van der Waals surface area contributed by atoms with E-state index in [2.05, 4.69) is 4.98 Å². The van der Waals surface area contributed by atoms with Gasteiger partial charge in [0.2, 0.25) is 15.9 Å². The molecule has 126 valence electrons. The summed E-state index contributed by atoms with van der Waals surface area (Å²) < 4.78 is 30.6. The van der Waals surface area contributed by atoms with Crippen molar-refractivity contribution in [3.63, 3.8) is 0 Å². The Morgan fingerprint density at radius 1 is 1.52 bits per heavy atom. The first kappa shape index (κ1) is 16.4.